The van der Waals surface area contributed by atoms with E-state index in [4.69, 9.17) is 4.74 Å². The molecular formula is C14H22N2O2. The Kier molecular flexibility index (Phi) is 4.19. The number of rotatable bonds is 4. The molecule has 0 bridgehead atoms. The van der Waals surface area contributed by atoms with Crippen LogP contribution in [-0.4, -0.2) is 48.6 Å². The number of nitrogens with zero attached hydrogens (tertiary/aromatic N) is 2. The van der Waals surface area contributed by atoms with Gasteiger partial charge in [0, 0.05) is 42.6 Å². The largest absolute Gasteiger partial charge is 0.379 e. The summed E-state index contributed by atoms with van der Waals surface area (Å²) < 4.78 is 7.62. The molecule has 1 aromatic rings. The number of aryl methyl sites for hydroxylation is 1. The Labute approximate surface area is 109 Å². The lowest BCUT2D eigenvalue weighted by Crippen LogP contribution is -2.39. The summed E-state index contributed by atoms with van der Waals surface area (Å²) in [6.07, 6.45) is 0.945. The number of aldehydes is 1. The van der Waals surface area contributed by atoms with E-state index >= 15 is 0 Å². The van der Waals surface area contributed by atoms with Gasteiger partial charge in [0.1, 0.15) is 0 Å². The highest BCUT2D eigenvalue weighted by Gasteiger charge is 2.18. The van der Waals surface area contributed by atoms with Crippen LogP contribution in [0.5, 0.6) is 0 Å². The first-order chi connectivity index (χ1) is 8.63. The monoisotopic (exact) mass is 250 g/mol. The Hall–Kier alpha value is -1.13. The second-order valence-electron chi connectivity index (χ2n) is 5.08. The zero-order valence-electron chi connectivity index (χ0n) is 11.5. The van der Waals surface area contributed by atoms with Crippen LogP contribution in [0.4, 0.5) is 0 Å². The molecule has 1 unspecified atom stereocenters. The SMILES string of the molecule is Cc1cc(C=O)c(C)n1C(C)CN1CCOCC1. The molecule has 2 rings (SSSR count). The van der Waals surface area contributed by atoms with Gasteiger partial charge in [-0.05, 0) is 26.8 Å². The molecule has 4 heteroatoms. The van der Waals surface area contributed by atoms with E-state index in [0.29, 0.717) is 6.04 Å². The van der Waals surface area contributed by atoms with Gasteiger partial charge in [-0.3, -0.25) is 9.69 Å². The van der Waals surface area contributed by atoms with Gasteiger partial charge in [0.05, 0.1) is 13.2 Å². The lowest BCUT2D eigenvalue weighted by Gasteiger charge is -2.30. The number of carbonyl (C=O) groups excluding carboxylic acids is 1. The van der Waals surface area contributed by atoms with Gasteiger partial charge in [-0.2, -0.15) is 0 Å². The Balaban J connectivity index is 2.10. The number of morpholine rings is 1. The Bertz CT molecular complexity index is 420. The molecule has 0 radical (unpaired) electrons. The second kappa shape index (κ2) is 5.67. The first-order valence-electron chi connectivity index (χ1n) is 6.57. The number of hydrogen-bond donors (Lipinski definition) is 0. The lowest BCUT2D eigenvalue weighted by atomic mass is 10.2. The highest BCUT2D eigenvalue weighted by atomic mass is 16.5. The summed E-state index contributed by atoms with van der Waals surface area (Å²) in [5.41, 5.74) is 3.04. The maximum Gasteiger partial charge on any atom is 0.151 e. The second-order valence-corrected chi connectivity index (χ2v) is 5.08. The summed E-state index contributed by atoms with van der Waals surface area (Å²) in [5, 5.41) is 0. The molecule has 100 valence electrons. The summed E-state index contributed by atoms with van der Waals surface area (Å²) in [7, 11) is 0. The number of carbonyl (C=O) groups is 1. The average Bonchev–Trinajstić information content (AvgIpc) is 2.65. The number of aromatic nitrogens is 1. The summed E-state index contributed by atoms with van der Waals surface area (Å²) >= 11 is 0. The van der Waals surface area contributed by atoms with Crippen LogP contribution in [0.3, 0.4) is 0 Å². The van der Waals surface area contributed by atoms with Gasteiger partial charge in [0.25, 0.3) is 0 Å². The lowest BCUT2D eigenvalue weighted by molar-refractivity contribution is 0.0324. The fourth-order valence-corrected chi connectivity index (χ4v) is 2.84. The van der Waals surface area contributed by atoms with Gasteiger partial charge >= 0.3 is 0 Å². The smallest absolute Gasteiger partial charge is 0.151 e. The third-order valence-electron chi connectivity index (χ3n) is 3.72. The molecular weight excluding hydrogens is 228 g/mol. The van der Waals surface area contributed by atoms with Crippen molar-refractivity contribution < 1.29 is 9.53 Å². The van der Waals surface area contributed by atoms with Crippen LogP contribution in [0.25, 0.3) is 0 Å². The fraction of sp³-hybridized carbons (Fsp3) is 0.643. The first-order valence-corrected chi connectivity index (χ1v) is 6.57. The van der Waals surface area contributed by atoms with Crippen LogP contribution >= 0.6 is 0 Å². The van der Waals surface area contributed by atoms with Gasteiger partial charge in [0.2, 0.25) is 0 Å². The van der Waals surface area contributed by atoms with E-state index in [1.165, 1.54) is 0 Å². The standard InChI is InChI=1S/C14H22N2O2/c1-11-8-14(10-17)13(3)16(11)12(2)9-15-4-6-18-7-5-15/h8,10,12H,4-7,9H2,1-3H3. The highest BCUT2D eigenvalue weighted by molar-refractivity contribution is 5.77. The molecule has 1 aliphatic heterocycles. The van der Waals surface area contributed by atoms with E-state index in [9.17, 15) is 4.79 Å². The maximum absolute atomic E-state index is 11.0. The highest BCUT2D eigenvalue weighted by Crippen LogP contribution is 2.20. The first kappa shape index (κ1) is 13.3. The molecule has 1 atom stereocenters. The van der Waals surface area contributed by atoms with Crippen LogP contribution in [0.2, 0.25) is 0 Å². The predicted molar refractivity (Wildman–Crippen MR) is 71.3 cm³/mol. The molecule has 1 saturated heterocycles. The normalized spacial score (nSPS) is 18.8. The summed E-state index contributed by atoms with van der Waals surface area (Å²) in [6.45, 7) is 11.0. The zero-order valence-corrected chi connectivity index (χ0v) is 11.5. The summed E-state index contributed by atoms with van der Waals surface area (Å²) in [4.78, 5) is 13.4. The maximum atomic E-state index is 11.0. The van der Waals surface area contributed by atoms with Crippen LogP contribution < -0.4 is 0 Å². The van der Waals surface area contributed by atoms with E-state index in [0.717, 1.165) is 56.1 Å². The van der Waals surface area contributed by atoms with Gasteiger partial charge in [-0.25, -0.2) is 0 Å². The Morgan fingerprint density at radius 1 is 1.39 bits per heavy atom. The molecule has 1 fully saturated rings. The zero-order chi connectivity index (χ0) is 13.1. The molecule has 0 N–H and O–H groups in total. The van der Waals surface area contributed by atoms with Gasteiger partial charge in [-0.1, -0.05) is 0 Å². The summed E-state index contributed by atoms with van der Waals surface area (Å²) in [5.74, 6) is 0. The van der Waals surface area contributed by atoms with E-state index in [1.54, 1.807) is 0 Å². The van der Waals surface area contributed by atoms with Crippen molar-refractivity contribution in [3.8, 4) is 0 Å². The van der Waals surface area contributed by atoms with Crippen LogP contribution in [0, 0.1) is 13.8 Å². The van der Waals surface area contributed by atoms with Crippen molar-refractivity contribution >= 4 is 6.29 Å². The van der Waals surface area contributed by atoms with Crippen LogP contribution in [0.15, 0.2) is 6.07 Å². The molecule has 0 aliphatic carbocycles. The fourth-order valence-electron chi connectivity index (χ4n) is 2.84. The van der Waals surface area contributed by atoms with Crippen LogP contribution in [-0.2, 0) is 4.74 Å². The molecule has 0 spiro atoms. The third kappa shape index (κ3) is 2.65. The van der Waals surface area contributed by atoms with Crippen molar-refractivity contribution in [1.29, 1.82) is 0 Å². The Morgan fingerprint density at radius 3 is 2.61 bits per heavy atom. The van der Waals surface area contributed by atoms with Crippen LogP contribution in [0.1, 0.15) is 34.7 Å². The molecule has 2 heterocycles. The minimum Gasteiger partial charge on any atom is -0.379 e. The topological polar surface area (TPSA) is 34.5 Å². The van der Waals surface area contributed by atoms with E-state index in [2.05, 4.69) is 23.3 Å². The molecule has 0 aromatic carbocycles. The molecule has 18 heavy (non-hydrogen) atoms. The van der Waals surface area contributed by atoms with Crippen molar-refractivity contribution in [1.82, 2.24) is 9.47 Å². The molecule has 0 saturated carbocycles. The predicted octanol–water partition coefficient (Wildman–Crippen LogP) is 1.81. The molecule has 4 nitrogen and oxygen atoms in total. The molecule has 1 aromatic heterocycles. The van der Waals surface area contributed by atoms with Crippen molar-refractivity contribution in [2.24, 2.45) is 0 Å². The Morgan fingerprint density at radius 2 is 2.06 bits per heavy atom. The van der Waals surface area contributed by atoms with E-state index in [-0.39, 0.29) is 0 Å². The minimum atomic E-state index is 0.386. The van der Waals surface area contributed by atoms with Gasteiger partial charge < -0.3 is 9.30 Å². The van der Waals surface area contributed by atoms with Crippen molar-refractivity contribution in [2.45, 2.75) is 26.8 Å². The summed E-state index contributed by atoms with van der Waals surface area (Å²) in [6, 6.07) is 2.36. The number of hydrogen-bond acceptors (Lipinski definition) is 3. The molecule has 0 amide bonds. The molecule has 1 aliphatic rings. The van der Waals surface area contributed by atoms with Crippen molar-refractivity contribution in [2.75, 3.05) is 32.8 Å². The van der Waals surface area contributed by atoms with Crippen molar-refractivity contribution in [3.63, 3.8) is 0 Å². The van der Waals surface area contributed by atoms with Crippen molar-refractivity contribution in [3.05, 3.63) is 23.0 Å². The number of ether oxygens (including phenoxy) is 1. The van der Waals surface area contributed by atoms with Gasteiger partial charge in [0.15, 0.2) is 6.29 Å². The minimum absolute atomic E-state index is 0.386. The van der Waals surface area contributed by atoms with Gasteiger partial charge in [-0.15, -0.1) is 0 Å². The van der Waals surface area contributed by atoms with E-state index < -0.39 is 0 Å². The quantitative estimate of drug-likeness (QED) is 0.764. The average molecular weight is 250 g/mol. The third-order valence-corrected chi connectivity index (χ3v) is 3.72. The van der Waals surface area contributed by atoms with E-state index in [1.807, 2.05) is 13.0 Å².